The largest absolute Gasteiger partial charge is 0.465 e. The molecule has 166 valence electrons. The molecule has 33 heavy (non-hydrogen) atoms. The predicted octanol–water partition coefficient (Wildman–Crippen LogP) is 3.88. The second-order valence-corrected chi connectivity index (χ2v) is 8.38. The fraction of sp³-hybridized carbons (Fsp3) is 0.174. The van der Waals surface area contributed by atoms with Crippen molar-refractivity contribution in [3.63, 3.8) is 0 Å². The number of esters is 1. The van der Waals surface area contributed by atoms with E-state index in [1.165, 1.54) is 29.4 Å². The Balaban J connectivity index is 1.75. The Morgan fingerprint density at radius 1 is 1.18 bits per heavy atom. The number of ether oxygens (including phenoxy) is 1. The first-order chi connectivity index (χ1) is 15.9. The minimum atomic E-state index is -0.888. The lowest BCUT2D eigenvalue weighted by atomic mass is 9.97. The van der Waals surface area contributed by atoms with E-state index in [0.717, 1.165) is 17.1 Å². The third-order valence-electron chi connectivity index (χ3n) is 5.44. The van der Waals surface area contributed by atoms with Crippen LogP contribution in [-0.4, -0.2) is 29.2 Å². The van der Waals surface area contributed by atoms with E-state index >= 15 is 0 Å². The molecular weight excluding hydrogens is 449 g/mol. The number of fused-ring (bicyclic) bond motifs is 2. The highest BCUT2D eigenvalue weighted by molar-refractivity contribution is 7.15. The van der Waals surface area contributed by atoms with Crippen LogP contribution < -0.4 is 10.3 Å². The summed E-state index contributed by atoms with van der Waals surface area (Å²) in [5.41, 5.74) is 0.544. The van der Waals surface area contributed by atoms with Crippen LogP contribution in [0.1, 0.15) is 50.0 Å². The summed E-state index contributed by atoms with van der Waals surface area (Å²) in [4.78, 5) is 40.1. The molecule has 0 saturated heterocycles. The Morgan fingerprint density at radius 2 is 1.94 bits per heavy atom. The fourth-order valence-corrected chi connectivity index (χ4v) is 4.67. The first kappa shape index (κ1) is 21.0. The number of rotatable bonds is 4. The highest BCUT2D eigenvalue weighted by Gasteiger charge is 2.45. The topological polar surface area (TPSA) is 103 Å². The summed E-state index contributed by atoms with van der Waals surface area (Å²) in [5, 5.41) is 9.30. The zero-order valence-electron chi connectivity index (χ0n) is 17.5. The maximum Gasteiger partial charge on any atom is 0.337 e. The molecule has 1 aliphatic rings. The van der Waals surface area contributed by atoms with Crippen molar-refractivity contribution in [2.75, 3.05) is 12.0 Å². The van der Waals surface area contributed by atoms with Gasteiger partial charge < -0.3 is 9.15 Å². The summed E-state index contributed by atoms with van der Waals surface area (Å²) in [6.45, 7) is 1.92. The van der Waals surface area contributed by atoms with Gasteiger partial charge in [0.2, 0.25) is 10.9 Å². The van der Waals surface area contributed by atoms with Gasteiger partial charge >= 0.3 is 5.97 Å². The fourth-order valence-electron chi connectivity index (χ4n) is 3.86. The molecule has 2 aromatic carbocycles. The SMILES string of the molecule is CCc1nnc(N2C(=O)c3oc4ccc(F)cc4c(=O)c3C2c2ccc(C(=O)OC)cc2)s1. The zero-order valence-corrected chi connectivity index (χ0v) is 18.3. The molecule has 1 amide bonds. The smallest absolute Gasteiger partial charge is 0.337 e. The van der Waals surface area contributed by atoms with Gasteiger partial charge in [-0.3, -0.25) is 14.5 Å². The lowest BCUT2D eigenvalue weighted by molar-refractivity contribution is 0.0600. The standard InChI is InChI=1S/C23H16FN3O5S/c1-3-16-25-26-23(33-16)27-18(11-4-6-12(7-5-11)22(30)31-2)17-19(28)14-10-13(24)8-9-15(14)32-20(17)21(27)29/h4-10,18H,3H2,1-2H3. The number of hydrogen-bond donors (Lipinski definition) is 0. The number of halogens is 1. The molecule has 4 aromatic rings. The van der Waals surface area contributed by atoms with E-state index in [9.17, 15) is 18.8 Å². The maximum absolute atomic E-state index is 13.9. The van der Waals surface area contributed by atoms with E-state index in [4.69, 9.17) is 9.15 Å². The normalized spacial score (nSPS) is 15.2. The number of aryl methyl sites for hydroxylation is 1. The first-order valence-electron chi connectivity index (χ1n) is 10.0. The van der Waals surface area contributed by atoms with Gasteiger partial charge in [0.15, 0.2) is 5.43 Å². The van der Waals surface area contributed by atoms with Gasteiger partial charge in [0, 0.05) is 0 Å². The molecular formula is C23H16FN3O5S. The van der Waals surface area contributed by atoms with Gasteiger partial charge in [-0.25, -0.2) is 9.18 Å². The van der Waals surface area contributed by atoms with Crippen LogP contribution in [0.4, 0.5) is 9.52 Å². The molecule has 10 heteroatoms. The summed E-state index contributed by atoms with van der Waals surface area (Å²) in [6.07, 6.45) is 0.630. The quantitative estimate of drug-likeness (QED) is 0.422. The maximum atomic E-state index is 13.9. The Labute approximate surface area is 190 Å². The van der Waals surface area contributed by atoms with Gasteiger partial charge in [0.1, 0.15) is 16.4 Å². The third kappa shape index (κ3) is 3.30. The molecule has 0 spiro atoms. The van der Waals surface area contributed by atoms with Crippen molar-refractivity contribution in [2.24, 2.45) is 0 Å². The van der Waals surface area contributed by atoms with Crippen LogP contribution in [0.15, 0.2) is 51.7 Å². The molecule has 0 radical (unpaired) electrons. The van der Waals surface area contributed by atoms with Crippen molar-refractivity contribution in [1.29, 1.82) is 0 Å². The number of carbonyl (C=O) groups excluding carboxylic acids is 2. The van der Waals surface area contributed by atoms with Crippen LogP contribution in [0, 0.1) is 5.82 Å². The van der Waals surface area contributed by atoms with Crippen LogP contribution in [0.5, 0.6) is 0 Å². The van der Waals surface area contributed by atoms with E-state index in [1.807, 2.05) is 6.92 Å². The number of amides is 1. The molecule has 1 unspecified atom stereocenters. The lowest BCUT2D eigenvalue weighted by Crippen LogP contribution is -2.29. The summed E-state index contributed by atoms with van der Waals surface area (Å²) in [6, 6.07) is 9.03. The summed E-state index contributed by atoms with van der Waals surface area (Å²) in [7, 11) is 1.28. The van der Waals surface area contributed by atoms with E-state index in [1.54, 1.807) is 24.3 Å². The molecule has 2 aromatic heterocycles. The number of anilines is 1. The second-order valence-electron chi connectivity index (χ2n) is 7.34. The molecule has 3 heterocycles. The van der Waals surface area contributed by atoms with Crippen molar-refractivity contribution in [3.8, 4) is 0 Å². The average Bonchev–Trinajstić information content (AvgIpc) is 3.42. The van der Waals surface area contributed by atoms with Gasteiger partial charge in [0.25, 0.3) is 5.91 Å². The van der Waals surface area contributed by atoms with E-state index < -0.39 is 29.2 Å². The average molecular weight is 465 g/mol. The molecule has 0 saturated carbocycles. The highest BCUT2D eigenvalue weighted by Crippen LogP contribution is 2.42. The predicted molar refractivity (Wildman–Crippen MR) is 118 cm³/mol. The van der Waals surface area contributed by atoms with E-state index in [-0.39, 0.29) is 22.3 Å². The highest BCUT2D eigenvalue weighted by atomic mass is 32.1. The van der Waals surface area contributed by atoms with Crippen molar-refractivity contribution >= 4 is 39.3 Å². The third-order valence-corrected chi connectivity index (χ3v) is 6.51. The van der Waals surface area contributed by atoms with Gasteiger partial charge in [-0.05, 0) is 42.3 Å². The Bertz CT molecular complexity index is 1480. The van der Waals surface area contributed by atoms with Crippen molar-refractivity contribution < 1.29 is 23.1 Å². The molecule has 0 aliphatic carbocycles. The second kappa shape index (κ2) is 7.89. The minimum Gasteiger partial charge on any atom is -0.465 e. The molecule has 0 bridgehead atoms. The van der Waals surface area contributed by atoms with Crippen molar-refractivity contribution in [1.82, 2.24) is 10.2 Å². The molecule has 0 N–H and O–H groups in total. The molecule has 5 rings (SSSR count). The number of methoxy groups -OCH3 is 1. The number of hydrogen-bond acceptors (Lipinski definition) is 8. The number of carbonyl (C=O) groups is 2. The molecule has 8 nitrogen and oxygen atoms in total. The van der Waals surface area contributed by atoms with Gasteiger partial charge in [-0.1, -0.05) is 30.4 Å². The minimum absolute atomic E-state index is 0.0334. The van der Waals surface area contributed by atoms with Crippen LogP contribution in [-0.2, 0) is 11.2 Å². The number of nitrogens with zero attached hydrogens (tertiary/aromatic N) is 3. The first-order valence-corrected chi connectivity index (χ1v) is 10.8. The Kier molecular flexibility index (Phi) is 5.01. The summed E-state index contributed by atoms with van der Waals surface area (Å²) < 4.78 is 24.4. The monoisotopic (exact) mass is 465 g/mol. The van der Waals surface area contributed by atoms with Gasteiger partial charge in [-0.2, -0.15) is 0 Å². The van der Waals surface area contributed by atoms with E-state index in [2.05, 4.69) is 10.2 Å². The molecule has 1 aliphatic heterocycles. The Hall–Kier alpha value is -3.92. The number of benzene rings is 2. The Morgan fingerprint density at radius 3 is 2.61 bits per heavy atom. The van der Waals surface area contributed by atoms with Crippen LogP contribution in [0.2, 0.25) is 0 Å². The molecule has 0 fully saturated rings. The number of aromatic nitrogens is 2. The van der Waals surface area contributed by atoms with Crippen LogP contribution in [0.3, 0.4) is 0 Å². The van der Waals surface area contributed by atoms with Crippen molar-refractivity contribution in [3.05, 3.63) is 86.0 Å². The van der Waals surface area contributed by atoms with Crippen molar-refractivity contribution in [2.45, 2.75) is 19.4 Å². The zero-order chi connectivity index (χ0) is 23.3. The van der Waals surface area contributed by atoms with E-state index in [0.29, 0.717) is 22.7 Å². The van der Waals surface area contributed by atoms with Gasteiger partial charge in [-0.15, -0.1) is 10.2 Å². The van der Waals surface area contributed by atoms with Crippen LogP contribution in [0.25, 0.3) is 11.0 Å². The summed E-state index contributed by atoms with van der Waals surface area (Å²) in [5.74, 6) is -1.78. The van der Waals surface area contributed by atoms with Gasteiger partial charge in [0.05, 0.1) is 29.7 Å². The van der Waals surface area contributed by atoms with Crippen LogP contribution >= 0.6 is 11.3 Å². The molecule has 1 atom stereocenters. The summed E-state index contributed by atoms with van der Waals surface area (Å²) >= 11 is 1.23. The lowest BCUT2D eigenvalue weighted by Gasteiger charge is -2.22.